The maximum atomic E-state index is 12.1. The van der Waals surface area contributed by atoms with Crippen molar-refractivity contribution >= 4 is 23.3 Å². The van der Waals surface area contributed by atoms with Gasteiger partial charge in [0.1, 0.15) is 5.75 Å². The zero-order valence-corrected chi connectivity index (χ0v) is 12.0. The molecule has 0 spiro atoms. The van der Waals surface area contributed by atoms with E-state index in [2.05, 4.69) is 5.32 Å². The highest BCUT2D eigenvalue weighted by Crippen LogP contribution is 2.23. The minimum Gasteiger partial charge on any atom is -0.497 e. The molecule has 118 valence electrons. The largest absolute Gasteiger partial charge is 0.497 e. The van der Waals surface area contributed by atoms with E-state index in [4.69, 9.17) is 9.84 Å². The fourth-order valence-electron chi connectivity index (χ4n) is 1.87. The monoisotopic (exact) mass is 316 g/mol. The van der Waals surface area contributed by atoms with Crippen LogP contribution in [0.25, 0.3) is 0 Å². The lowest BCUT2D eigenvalue weighted by atomic mass is 10.1. The first-order valence-corrected chi connectivity index (χ1v) is 6.39. The van der Waals surface area contributed by atoms with E-state index in [0.717, 1.165) is 12.1 Å². The van der Waals surface area contributed by atoms with E-state index >= 15 is 0 Å². The molecular formula is C15H12N2O6. The number of carbonyl (C=O) groups excluding carboxylic acids is 1. The summed E-state index contributed by atoms with van der Waals surface area (Å²) in [4.78, 5) is 33.3. The van der Waals surface area contributed by atoms with Crippen molar-refractivity contribution in [3.05, 3.63) is 63.7 Å². The summed E-state index contributed by atoms with van der Waals surface area (Å²) < 4.78 is 4.98. The van der Waals surface area contributed by atoms with Crippen LogP contribution in [0.2, 0.25) is 0 Å². The first-order valence-electron chi connectivity index (χ1n) is 6.39. The van der Waals surface area contributed by atoms with Gasteiger partial charge in [0.25, 0.3) is 11.6 Å². The predicted molar refractivity (Wildman–Crippen MR) is 81.0 cm³/mol. The summed E-state index contributed by atoms with van der Waals surface area (Å²) in [5.41, 5.74) is -0.463. The molecule has 0 fully saturated rings. The van der Waals surface area contributed by atoms with Crippen molar-refractivity contribution in [1.29, 1.82) is 0 Å². The first-order chi connectivity index (χ1) is 10.9. The average molecular weight is 316 g/mol. The second-order valence-electron chi connectivity index (χ2n) is 4.47. The molecule has 2 aromatic rings. The molecule has 0 bridgehead atoms. The number of anilines is 1. The van der Waals surface area contributed by atoms with Gasteiger partial charge in [0.15, 0.2) is 0 Å². The second-order valence-corrected chi connectivity index (χ2v) is 4.47. The van der Waals surface area contributed by atoms with E-state index in [1.165, 1.54) is 25.3 Å². The molecule has 0 aliphatic heterocycles. The van der Waals surface area contributed by atoms with Crippen LogP contribution in [0.1, 0.15) is 20.7 Å². The number of non-ortho nitro benzene ring substituents is 1. The molecular weight excluding hydrogens is 304 g/mol. The van der Waals surface area contributed by atoms with Gasteiger partial charge in [-0.25, -0.2) is 4.79 Å². The van der Waals surface area contributed by atoms with E-state index in [1.807, 2.05) is 0 Å². The van der Waals surface area contributed by atoms with Crippen molar-refractivity contribution in [3.8, 4) is 5.75 Å². The topological polar surface area (TPSA) is 119 Å². The van der Waals surface area contributed by atoms with Gasteiger partial charge < -0.3 is 15.2 Å². The molecule has 2 rings (SSSR count). The number of nitro benzene ring substituents is 1. The molecule has 0 unspecified atom stereocenters. The molecule has 0 aromatic heterocycles. The van der Waals surface area contributed by atoms with Crippen molar-refractivity contribution in [3.63, 3.8) is 0 Å². The number of amides is 1. The van der Waals surface area contributed by atoms with Gasteiger partial charge >= 0.3 is 5.97 Å². The Morgan fingerprint density at radius 3 is 2.35 bits per heavy atom. The molecule has 2 N–H and O–H groups in total. The Bertz CT molecular complexity index is 770. The fraction of sp³-hybridized carbons (Fsp3) is 0.0667. The number of hydrogen-bond donors (Lipinski definition) is 2. The van der Waals surface area contributed by atoms with Gasteiger partial charge in [0, 0.05) is 17.7 Å². The Kier molecular flexibility index (Phi) is 4.55. The Labute approximate surface area is 130 Å². The lowest BCUT2D eigenvalue weighted by Gasteiger charge is -2.09. The third kappa shape index (κ3) is 3.62. The van der Waals surface area contributed by atoms with E-state index in [0.29, 0.717) is 11.3 Å². The molecule has 23 heavy (non-hydrogen) atoms. The number of carboxylic acid groups (broad SMARTS) is 1. The summed E-state index contributed by atoms with van der Waals surface area (Å²) >= 11 is 0. The van der Waals surface area contributed by atoms with Gasteiger partial charge in [-0.3, -0.25) is 14.9 Å². The normalized spacial score (nSPS) is 9.96. The molecule has 0 aliphatic carbocycles. The number of carbonyl (C=O) groups is 2. The molecule has 0 radical (unpaired) electrons. The Hall–Kier alpha value is -3.42. The molecule has 0 saturated heterocycles. The molecule has 2 aromatic carbocycles. The van der Waals surface area contributed by atoms with Gasteiger partial charge in [-0.05, 0) is 30.3 Å². The number of nitrogens with one attached hydrogen (secondary N) is 1. The summed E-state index contributed by atoms with van der Waals surface area (Å²) in [6.07, 6.45) is 0. The van der Waals surface area contributed by atoms with E-state index in [1.54, 1.807) is 12.1 Å². The van der Waals surface area contributed by atoms with Gasteiger partial charge in [-0.2, -0.15) is 0 Å². The molecule has 0 saturated carbocycles. The third-order valence-corrected chi connectivity index (χ3v) is 3.04. The maximum Gasteiger partial charge on any atom is 0.338 e. The number of rotatable bonds is 5. The van der Waals surface area contributed by atoms with Crippen LogP contribution in [-0.4, -0.2) is 29.0 Å². The molecule has 1 amide bonds. The number of nitro groups is 1. The van der Waals surface area contributed by atoms with Crippen molar-refractivity contribution in [2.45, 2.75) is 0 Å². The minimum absolute atomic E-state index is 0.0241. The highest BCUT2D eigenvalue weighted by atomic mass is 16.6. The summed E-state index contributed by atoms with van der Waals surface area (Å²) in [5, 5.41) is 22.3. The highest BCUT2D eigenvalue weighted by molar-refractivity contribution is 6.08. The number of ether oxygens (including phenoxy) is 1. The van der Waals surface area contributed by atoms with Crippen molar-refractivity contribution in [1.82, 2.24) is 0 Å². The lowest BCUT2D eigenvalue weighted by molar-refractivity contribution is -0.384. The first kappa shape index (κ1) is 16.0. The zero-order valence-electron chi connectivity index (χ0n) is 12.0. The van der Waals surface area contributed by atoms with Gasteiger partial charge in [0.05, 0.1) is 23.3 Å². The van der Waals surface area contributed by atoms with Gasteiger partial charge in [-0.15, -0.1) is 0 Å². The molecule has 0 heterocycles. The number of methoxy groups -OCH3 is 1. The van der Waals surface area contributed by atoms with Crippen LogP contribution < -0.4 is 10.1 Å². The van der Waals surface area contributed by atoms with Crippen molar-refractivity contribution in [2.75, 3.05) is 12.4 Å². The van der Waals surface area contributed by atoms with Gasteiger partial charge in [-0.1, -0.05) is 0 Å². The number of carboxylic acids is 1. The summed E-state index contributed by atoms with van der Waals surface area (Å²) in [5.74, 6) is -1.34. The van der Waals surface area contributed by atoms with Crippen LogP contribution >= 0.6 is 0 Å². The van der Waals surface area contributed by atoms with Crippen LogP contribution in [0.4, 0.5) is 11.4 Å². The SMILES string of the molecule is COc1ccc(C(=O)Nc2ccc([N+](=O)[O-])cc2C(=O)O)cc1. The number of benzene rings is 2. The Morgan fingerprint density at radius 1 is 1.17 bits per heavy atom. The zero-order chi connectivity index (χ0) is 17.0. The third-order valence-electron chi connectivity index (χ3n) is 3.04. The van der Waals surface area contributed by atoms with E-state index in [9.17, 15) is 19.7 Å². The van der Waals surface area contributed by atoms with E-state index < -0.39 is 16.8 Å². The second kappa shape index (κ2) is 6.56. The standard InChI is InChI=1S/C15H12N2O6/c1-23-11-5-2-9(3-6-11)14(18)16-13-7-4-10(17(21)22)8-12(13)15(19)20/h2-8H,1H3,(H,16,18)(H,19,20). The molecule has 8 heteroatoms. The molecule has 0 aliphatic rings. The van der Waals surface area contributed by atoms with Gasteiger partial charge in [0.2, 0.25) is 0 Å². The number of hydrogen-bond acceptors (Lipinski definition) is 5. The fourth-order valence-corrected chi connectivity index (χ4v) is 1.87. The smallest absolute Gasteiger partial charge is 0.338 e. The lowest BCUT2D eigenvalue weighted by Crippen LogP contribution is -2.15. The summed E-state index contributed by atoms with van der Waals surface area (Å²) in [7, 11) is 1.49. The minimum atomic E-state index is -1.38. The predicted octanol–water partition coefficient (Wildman–Crippen LogP) is 2.55. The molecule has 0 atom stereocenters. The Balaban J connectivity index is 2.29. The van der Waals surface area contributed by atoms with Crippen molar-refractivity contribution in [2.24, 2.45) is 0 Å². The molecule has 8 nitrogen and oxygen atoms in total. The van der Waals surface area contributed by atoms with Crippen LogP contribution in [0.3, 0.4) is 0 Å². The number of aromatic carboxylic acids is 1. The van der Waals surface area contributed by atoms with Crippen LogP contribution in [-0.2, 0) is 0 Å². The quantitative estimate of drug-likeness (QED) is 0.646. The highest BCUT2D eigenvalue weighted by Gasteiger charge is 2.18. The summed E-state index contributed by atoms with van der Waals surface area (Å²) in [6, 6.07) is 9.40. The summed E-state index contributed by atoms with van der Waals surface area (Å²) in [6.45, 7) is 0. The maximum absolute atomic E-state index is 12.1. The van der Waals surface area contributed by atoms with Crippen LogP contribution in [0.5, 0.6) is 5.75 Å². The van der Waals surface area contributed by atoms with Crippen LogP contribution in [0, 0.1) is 10.1 Å². The van der Waals surface area contributed by atoms with Crippen molar-refractivity contribution < 1.29 is 24.4 Å². The van der Waals surface area contributed by atoms with E-state index in [-0.39, 0.29) is 16.9 Å². The number of nitrogens with zero attached hydrogens (tertiary/aromatic N) is 1. The Morgan fingerprint density at radius 2 is 1.83 bits per heavy atom. The van der Waals surface area contributed by atoms with Crippen LogP contribution in [0.15, 0.2) is 42.5 Å². The average Bonchev–Trinajstić information content (AvgIpc) is 2.54.